The van der Waals surface area contributed by atoms with Crippen LogP contribution in [-0.2, 0) is 17.6 Å². The van der Waals surface area contributed by atoms with Crippen molar-refractivity contribution in [3.05, 3.63) is 70.3 Å². The number of morpholine rings is 1. The summed E-state index contributed by atoms with van der Waals surface area (Å²) < 4.78 is 10.9. The summed E-state index contributed by atoms with van der Waals surface area (Å²) >= 11 is 1.72. The Morgan fingerprint density at radius 3 is 2.77 bits per heavy atom. The molecule has 30 heavy (non-hydrogen) atoms. The van der Waals surface area contributed by atoms with Gasteiger partial charge in [0.2, 0.25) is 0 Å². The summed E-state index contributed by atoms with van der Waals surface area (Å²) in [4.78, 5) is 21.4. The van der Waals surface area contributed by atoms with Gasteiger partial charge in [0, 0.05) is 29.7 Å². The van der Waals surface area contributed by atoms with E-state index in [1.165, 1.54) is 35.1 Å². The molecule has 1 atom stereocenters. The second kappa shape index (κ2) is 8.71. The van der Waals surface area contributed by atoms with Crippen LogP contribution in [-0.4, -0.2) is 42.1 Å². The van der Waals surface area contributed by atoms with Gasteiger partial charge in [0.25, 0.3) is 5.91 Å². The maximum absolute atomic E-state index is 12.8. The van der Waals surface area contributed by atoms with Crippen molar-refractivity contribution in [2.45, 2.75) is 31.7 Å². The van der Waals surface area contributed by atoms with Crippen molar-refractivity contribution in [3.63, 3.8) is 0 Å². The molecule has 156 valence electrons. The van der Waals surface area contributed by atoms with Crippen LogP contribution in [0.5, 0.6) is 0 Å². The highest BCUT2D eigenvalue weighted by molar-refractivity contribution is 7.16. The van der Waals surface area contributed by atoms with Gasteiger partial charge in [0.1, 0.15) is 5.00 Å². The van der Waals surface area contributed by atoms with E-state index in [0.29, 0.717) is 19.0 Å². The molecule has 0 radical (unpaired) electrons. The number of rotatable bonds is 5. The Balaban J connectivity index is 1.60. The van der Waals surface area contributed by atoms with Gasteiger partial charge in [0.15, 0.2) is 5.76 Å². The van der Waals surface area contributed by atoms with Crippen LogP contribution in [0.2, 0.25) is 0 Å². The summed E-state index contributed by atoms with van der Waals surface area (Å²) in [6.07, 6.45) is 7.88. The number of nitrogens with one attached hydrogen (secondary N) is 1. The fourth-order valence-electron chi connectivity index (χ4n) is 4.44. The fourth-order valence-corrected chi connectivity index (χ4v) is 5.75. The van der Waals surface area contributed by atoms with Crippen LogP contribution in [0.15, 0.2) is 47.2 Å². The van der Waals surface area contributed by atoms with E-state index in [1.807, 2.05) is 18.3 Å². The Labute approximate surface area is 179 Å². The van der Waals surface area contributed by atoms with Crippen LogP contribution >= 0.6 is 11.3 Å². The first-order valence-corrected chi connectivity index (χ1v) is 11.3. The predicted molar refractivity (Wildman–Crippen MR) is 116 cm³/mol. The third-order valence-corrected chi connectivity index (χ3v) is 7.06. The molecule has 1 fully saturated rings. The number of nitrogens with zero attached hydrogens (tertiary/aromatic N) is 2. The lowest BCUT2D eigenvalue weighted by molar-refractivity contribution is 0.0232. The molecule has 1 aliphatic carbocycles. The average molecular weight is 424 g/mol. The molecular formula is C23H25N3O3S. The summed E-state index contributed by atoms with van der Waals surface area (Å²) in [5.41, 5.74) is 3.61. The maximum Gasteiger partial charge on any atom is 0.291 e. The van der Waals surface area contributed by atoms with Crippen LogP contribution in [0.25, 0.3) is 0 Å². The molecule has 1 amide bonds. The Hall–Kier alpha value is -2.48. The fraction of sp³-hybridized carbons (Fsp3) is 0.391. The Bertz CT molecular complexity index is 994. The van der Waals surface area contributed by atoms with Gasteiger partial charge in [-0.3, -0.25) is 14.7 Å². The molecule has 1 aliphatic heterocycles. The van der Waals surface area contributed by atoms with Gasteiger partial charge < -0.3 is 14.5 Å². The van der Waals surface area contributed by atoms with Gasteiger partial charge in [-0.25, -0.2) is 0 Å². The van der Waals surface area contributed by atoms with Crippen LogP contribution in [0.1, 0.15) is 51.1 Å². The number of amides is 1. The molecule has 0 bridgehead atoms. The van der Waals surface area contributed by atoms with E-state index in [-0.39, 0.29) is 11.9 Å². The number of thiophene rings is 1. The van der Waals surface area contributed by atoms with Gasteiger partial charge in [-0.1, -0.05) is 6.07 Å². The number of carbonyl (C=O) groups excluding carboxylic acids is 1. The third-order valence-electron chi connectivity index (χ3n) is 5.84. The van der Waals surface area contributed by atoms with Crippen molar-refractivity contribution >= 4 is 22.2 Å². The first-order chi connectivity index (χ1) is 14.8. The topological polar surface area (TPSA) is 67.6 Å². The van der Waals surface area contributed by atoms with E-state index in [9.17, 15) is 4.79 Å². The molecule has 5 rings (SSSR count). The lowest BCUT2D eigenvalue weighted by Crippen LogP contribution is -2.40. The van der Waals surface area contributed by atoms with Crippen LogP contribution in [0.3, 0.4) is 0 Å². The summed E-state index contributed by atoms with van der Waals surface area (Å²) in [5.74, 6) is 0.120. The summed E-state index contributed by atoms with van der Waals surface area (Å²) in [6, 6.07) is 9.50. The average Bonchev–Trinajstić information content (AvgIpc) is 3.45. The molecular weight excluding hydrogens is 398 g/mol. The van der Waals surface area contributed by atoms with E-state index in [1.54, 1.807) is 23.5 Å². The summed E-state index contributed by atoms with van der Waals surface area (Å²) in [6.45, 7) is 3.11. The van der Waals surface area contributed by atoms with Gasteiger partial charge in [-0.2, -0.15) is 0 Å². The first kappa shape index (κ1) is 19.5. The zero-order chi connectivity index (χ0) is 20.3. The van der Waals surface area contributed by atoms with Gasteiger partial charge in [-0.15, -0.1) is 11.3 Å². The number of hydrogen-bond acceptors (Lipinski definition) is 6. The Morgan fingerprint density at radius 1 is 1.13 bits per heavy atom. The van der Waals surface area contributed by atoms with Crippen molar-refractivity contribution in [1.29, 1.82) is 0 Å². The molecule has 1 saturated heterocycles. The normalized spacial score (nSPS) is 18.0. The molecule has 1 N–H and O–H groups in total. The zero-order valence-electron chi connectivity index (χ0n) is 16.8. The quantitative estimate of drug-likeness (QED) is 0.663. The lowest BCUT2D eigenvalue weighted by atomic mass is 9.90. The van der Waals surface area contributed by atoms with E-state index < -0.39 is 0 Å². The molecule has 7 heteroatoms. The van der Waals surface area contributed by atoms with Crippen molar-refractivity contribution in [2.24, 2.45) is 0 Å². The van der Waals surface area contributed by atoms with E-state index in [0.717, 1.165) is 36.6 Å². The van der Waals surface area contributed by atoms with E-state index in [2.05, 4.69) is 16.3 Å². The number of carbonyl (C=O) groups is 1. The van der Waals surface area contributed by atoms with Crippen LogP contribution in [0, 0.1) is 0 Å². The predicted octanol–water partition coefficient (Wildman–Crippen LogP) is 4.29. The smallest absolute Gasteiger partial charge is 0.291 e. The number of aromatic nitrogens is 1. The van der Waals surface area contributed by atoms with Gasteiger partial charge in [0.05, 0.1) is 31.2 Å². The molecule has 6 nitrogen and oxygen atoms in total. The zero-order valence-corrected chi connectivity index (χ0v) is 17.6. The van der Waals surface area contributed by atoms with Gasteiger partial charge >= 0.3 is 0 Å². The minimum Gasteiger partial charge on any atom is -0.459 e. The minimum atomic E-state index is -0.207. The van der Waals surface area contributed by atoms with Crippen molar-refractivity contribution < 1.29 is 13.9 Å². The molecule has 3 aromatic heterocycles. The van der Waals surface area contributed by atoms with Crippen LogP contribution in [0.4, 0.5) is 5.00 Å². The Morgan fingerprint density at radius 2 is 2.00 bits per heavy atom. The molecule has 0 saturated carbocycles. The summed E-state index contributed by atoms with van der Waals surface area (Å²) in [7, 11) is 0. The number of pyridine rings is 1. The first-order valence-electron chi connectivity index (χ1n) is 10.5. The Kier molecular flexibility index (Phi) is 5.66. The SMILES string of the molecule is O=C(Nc1sc2c(c1C(c1ccccn1)N1CCOCC1)CCCC2)c1ccco1. The molecule has 0 spiro atoms. The number of anilines is 1. The number of furan rings is 1. The maximum atomic E-state index is 12.8. The van der Waals surface area contributed by atoms with Crippen molar-refractivity contribution in [2.75, 3.05) is 31.6 Å². The number of hydrogen-bond donors (Lipinski definition) is 1. The monoisotopic (exact) mass is 423 g/mol. The highest BCUT2D eigenvalue weighted by Crippen LogP contribution is 2.45. The number of aryl methyl sites for hydroxylation is 1. The molecule has 4 heterocycles. The third kappa shape index (κ3) is 3.80. The standard InChI is InChI=1S/C23H25N3O3S/c27-22(18-8-5-13-29-18)25-23-20(16-6-1-2-9-19(16)30-23)21(17-7-3-4-10-24-17)26-11-14-28-15-12-26/h3-5,7-8,10,13,21H,1-2,6,9,11-12,14-15H2,(H,25,27). The minimum absolute atomic E-state index is 0.0000935. The molecule has 0 aromatic carbocycles. The molecule has 2 aliphatic rings. The van der Waals surface area contributed by atoms with Crippen molar-refractivity contribution in [3.8, 4) is 0 Å². The van der Waals surface area contributed by atoms with Crippen molar-refractivity contribution in [1.82, 2.24) is 9.88 Å². The number of ether oxygens (including phenoxy) is 1. The highest BCUT2D eigenvalue weighted by atomic mass is 32.1. The lowest BCUT2D eigenvalue weighted by Gasteiger charge is -2.35. The number of fused-ring (bicyclic) bond motifs is 1. The second-order valence-electron chi connectivity index (χ2n) is 7.69. The highest BCUT2D eigenvalue weighted by Gasteiger charge is 2.33. The molecule has 3 aromatic rings. The largest absolute Gasteiger partial charge is 0.459 e. The van der Waals surface area contributed by atoms with E-state index >= 15 is 0 Å². The van der Waals surface area contributed by atoms with Gasteiger partial charge in [-0.05, 0) is 55.5 Å². The second-order valence-corrected chi connectivity index (χ2v) is 8.80. The van der Waals surface area contributed by atoms with E-state index in [4.69, 9.17) is 14.1 Å². The summed E-state index contributed by atoms with van der Waals surface area (Å²) in [5, 5.41) is 4.08. The molecule has 1 unspecified atom stereocenters. The van der Waals surface area contributed by atoms with Crippen LogP contribution < -0.4 is 5.32 Å².